The van der Waals surface area contributed by atoms with Gasteiger partial charge in [0.05, 0.1) is 12.8 Å². The van der Waals surface area contributed by atoms with Gasteiger partial charge in [-0.15, -0.1) is 0 Å². The van der Waals surface area contributed by atoms with Gasteiger partial charge in [0.15, 0.2) is 6.29 Å². The van der Waals surface area contributed by atoms with Crippen LogP contribution in [-0.4, -0.2) is 37.0 Å². The Labute approximate surface area is 112 Å². The van der Waals surface area contributed by atoms with Crippen LogP contribution in [0.15, 0.2) is 24.4 Å². The third kappa shape index (κ3) is 2.34. The van der Waals surface area contributed by atoms with Gasteiger partial charge in [-0.2, -0.15) is 0 Å². The molecule has 0 aliphatic carbocycles. The van der Waals surface area contributed by atoms with Crippen molar-refractivity contribution in [3.8, 4) is 5.75 Å². The van der Waals surface area contributed by atoms with Crippen molar-refractivity contribution in [1.82, 2.24) is 9.47 Å². The van der Waals surface area contributed by atoms with Gasteiger partial charge in [-0.25, -0.2) is 0 Å². The van der Waals surface area contributed by atoms with Crippen molar-refractivity contribution in [3.05, 3.63) is 35.7 Å². The lowest BCUT2D eigenvalue weighted by molar-refractivity contribution is 0.112. The molecule has 0 unspecified atom stereocenters. The van der Waals surface area contributed by atoms with Gasteiger partial charge in [-0.3, -0.25) is 4.79 Å². The molecule has 0 saturated carbocycles. The fourth-order valence-electron chi connectivity index (χ4n) is 2.14. The molecule has 0 radical (unpaired) electrons. The van der Waals surface area contributed by atoms with Crippen LogP contribution < -0.4 is 4.74 Å². The van der Waals surface area contributed by atoms with Gasteiger partial charge in [0.2, 0.25) is 0 Å². The first-order valence-corrected chi connectivity index (χ1v) is 6.04. The van der Waals surface area contributed by atoms with Gasteiger partial charge >= 0.3 is 0 Å². The second kappa shape index (κ2) is 5.18. The molecular weight excluding hydrogens is 240 g/mol. The van der Waals surface area contributed by atoms with E-state index in [2.05, 4.69) is 0 Å². The molecule has 0 fully saturated rings. The first-order valence-electron chi connectivity index (χ1n) is 6.04. The van der Waals surface area contributed by atoms with Crippen molar-refractivity contribution >= 4 is 23.3 Å². The van der Waals surface area contributed by atoms with Gasteiger partial charge in [0, 0.05) is 43.8 Å². The van der Waals surface area contributed by atoms with Gasteiger partial charge in [-0.05, 0) is 24.3 Å². The van der Waals surface area contributed by atoms with Crippen LogP contribution in [0.5, 0.6) is 5.75 Å². The van der Waals surface area contributed by atoms with Crippen molar-refractivity contribution in [1.29, 1.82) is 0 Å². The highest BCUT2D eigenvalue weighted by Crippen LogP contribution is 2.28. The summed E-state index contributed by atoms with van der Waals surface area (Å²) < 4.78 is 7.23. The minimum atomic E-state index is 0.689. The minimum absolute atomic E-state index is 0.689. The van der Waals surface area contributed by atoms with Crippen molar-refractivity contribution in [3.63, 3.8) is 0 Å². The number of hydrogen-bond acceptors (Lipinski definition) is 3. The van der Waals surface area contributed by atoms with Crippen molar-refractivity contribution in [2.24, 2.45) is 7.05 Å². The van der Waals surface area contributed by atoms with Crippen LogP contribution in [-0.2, 0) is 7.05 Å². The maximum absolute atomic E-state index is 11.4. The van der Waals surface area contributed by atoms with E-state index in [0.29, 0.717) is 5.56 Å². The summed E-state index contributed by atoms with van der Waals surface area (Å²) in [4.78, 5) is 13.3. The Balaban J connectivity index is 2.70. The van der Waals surface area contributed by atoms with Crippen LogP contribution in [0, 0.1) is 0 Å². The Morgan fingerprint density at radius 2 is 2.05 bits per heavy atom. The van der Waals surface area contributed by atoms with E-state index >= 15 is 0 Å². The molecule has 0 bridgehead atoms. The fraction of sp³-hybridized carbons (Fsp3) is 0.267. The number of nitrogens with zero attached hydrogens (tertiary/aromatic N) is 2. The summed E-state index contributed by atoms with van der Waals surface area (Å²) in [6.45, 7) is 0. The third-order valence-electron chi connectivity index (χ3n) is 3.14. The molecule has 2 aromatic rings. The highest BCUT2D eigenvalue weighted by Gasteiger charge is 2.13. The number of aromatic nitrogens is 1. The summed E-state index contributed by atoms with van der Waals surface area (Å²) in [7, 11) is 7.47. The standard InChI is InChI=1S/C15H18N2O2/c1-16(2)8-7-15-13(10-18)12-9-11(19-4)5-6-14(12)17(15)3/h5-10H,1-4H3/b8-7+. The highest BCUT2D eigenvalue weighted by molar-refractivity contribution is 6.02. The third-order valence-corrected chi connectivity index (χ3v) is 3.14. The average molecular weight is 258 g/mol. The quantitative estimate of drug-likeness (QED) is 0.790. The van der Waals surface area contributed by atoms with Crippen LogP contribution in [0.1, 0.15) is 16.1 Å². The topological polar surface area (TPSA) is 34.5 Å². The Kier molecular flexibility index (Phi) is 3.60. The molecule has 1 aromatic carbocycles. The number of carbonyl (C=O) groups is 1. The van der Waals surface area contributed by atoms with E-state index in [9.17, 15) is 4.79 Å². The number of hydrogen-bond donors (Lipinski definition) is 0. The van der Waals surface area contributed by atoms with E-state index in [1.807, 2.05) is 61.1 Å². The second-order valence-corrected chi connectivity index (χ2v) is 4.64. The average Bonchev–Trinajstić information content (AvgIpc) is 2.67. The van der Waals surface area contributed by atoms with Crippen LogP contribution in [0.2, 0.25) is 0 Å². The summed E-state index contributed by atoms with van der Waals surface area (Å²) in [6.07, 6.45) is 4.77. The Hall–Kier alpha value is -2.23. The number of rotatable bonds is 4. The van der Waals surface area contributed by atoms with Gasteiger partial charge in [-0.1, -0.05) is 0 Å². The Morgan fingerprint density at radius 3 is 2.63 bits per heavy atom. The zero-order valence-corrected chi connectivity index (χ0v) is 11.7. The molecule has 0 spiro atoms. The van der Waals surface area contributed by atoms with E-state index in [0.717, 1.165) is 28.6 Å². The molecule has 0 N–H and O–H groups in total. The molecule has 19 heavy (non-hydrogen) atoms. The van der Waals surface area contributed by atoms with Gasteiger partial charge in [0.25, 0.3) is 0 Å². The number of aldehydes is 1. The smallest absolute Gasteiger partial charge is 0.152 e. The largest absolute Gasteiger partial charge is 0.497 e. The number of ether oxygens (including phenoxy) is 1. The van der Waals surface area contributed by atoms with E-state index in [1.54, 1.807) is 7.11 Å². The zero-order chi connectivity index (χ0) is 14.0. The van der Waals surface area contributed by atoms with Gasteiger partial charge < -0.3 is 14.2 Å². The molecule has 0 aliphatic rings. The molecule has 4 nitrogen and oxygen atoms in total. The molecule has 0 atom stereocenters. The van der Waals surface area contributed by atoms with Crippen LogP contribution in [0.4, 0.5) is 0 Å². The number of carbonyl (C=O) groups excluding carboxylic acids is 1. The number of benzene rings is 1. The van der Waals surface area contributed by atoms with E-state index in [4.69, 9.17) is 4.74 Å². The lowest BCUT2D eigenvalue weighted by Crippen LogP contribution is -2.01. The maximum atomic E-state index is 11.4. The molecule has 2 rings (SSSR count). The first-order chi connectivity index (χ1) is 9.08. The predicted octanol–water partition coefficient (Wildman–Crippen LogP) is 2.53. The molecular formula is C15H18N2O2. The fourth-order valence-corrected chi connectivity index (χ4v) is 2.14. The van der Waals surface area contributed by atoms with E-state index in [1.165, 1.54) is 0 Å². The summed E-state index contributed by atoms with van der Waals surface area (Å²) in [5, 5.41) is 0.912. The number of fused-ring (bicyclic) bond motifs is 1. The van der Waals surface area contributed by atoms with Crippen molar-refractivity contribution in [2.75, 3.05) is 21.2 Å². The Morgan fingerprint density at radius 1 is 1.32 bits per heavy atom. The molecule has 1 heterocycles. The molecule has 4 heteroatoms. The summed E-state index contributed by atoms with van der Waals surface area (Å²) in [5.41, 5.74) is 2.60. The predicted molar refractivity (Wildman–Crippen MR) is 77.6 cm³/mol. The monoisotopic (exact) mass is 258 g/mol. The number of aryl methyl sites for hydroxylation is 1. The zero-order valence-electron chi connectivity index (χ0n) is 11.7. The lowest BCUT2D eigenvalue weighted by atomic mass is 10.1. The maximum Gasteiger partial charge on any atom is 0.152 e. The highest BCUT2D eigenvalue weighted by atomic mass is 16.5. The lowest BCUT2D eigenvalue weighted by Gasteiger charge is -2.04. The molecule has 0 amide bonds. The van der Waals surface area contributed by atoms with E-state index in [-0.39, 0.29) is 0 Å². The minimum Gasteiger partial charge on any atom is -0.497 e. The van der Waals surface area contributed by atoms with Crippen molar-refractivity contribution < 1.29 is 9.53 Å². The Bertz CT molecular complexity index is 639. The molecule has 0 aliphatic heterocycles. The normalized spacial score (nSPS) is 11.2. The van der Waals surface area contributed by atoms with E-state index < -0.39 is 0 Å². The molecule has 100 valence electrons. The number of methoxy groups -OCH3 is 1. The first kappa shape index (κ1) is 13.2. The molecule has 0 saturated heterocycles. The SMILES string of the molecule is COc1ccc2c(c1)c(C=O)c(/C=C/N(C)C)n2C. The van der Waals surface area contributed by atoms with Gasteiger partial charge in [0.1, 0.15) is 5.75 Å². The van der Waals surface area contributed by atoms with Crippen LogP contribution >= 0.6 is 0 Å². The molecule has 1 aromatic heterocycles. The second-order valence-electron chi connectivity index (χ2n) is 4.64. The summed E-state index contributed by atoms with van der Waals surface area (Å²) in [6, 6.07) is 5.76. The van der Waals surface area contributed by atoms with Crippen molar-refractivity contribution in [2.45, 2.75) is 0 Å². The summed E-state index contributed by atoms with van der Waals surface area (Å²) in [5.74, 6) is 0.754. The van der Waals surface area contributed by atoms with Crippen LogP contribution in [0.3, 0.4) is 0 Å². The summed E-state index contributed by atoms with van der Waals surface area (Å²) >= 11 is 0. The van der Waals surface area contributed by atoms with Crippen LogP contribution in [0.25, 0.3) is 17.0 Å².